The van der Waals surface area contributed by atoms with Gasteiger partial charge in [0.05, 0.1) is 0 Å². The molecular weight excluding hydrogens is 257 g/mol. The largest absolute Gasteiger partial charge is 0.421 e. The number of hydrogen-bond donors (Lipinski definition) is 0. The first kappa shape index (κ1) is 13.3. The molecule has 0 aliphatic rings. The van der Waals surface area contributed by atoms with Crippen molar-refractivity contribution in [2.24, 2.45) is 7.05 Å². The molecule has 6 heteroatoms. The second-order valence-corrected chi connectivity index (χ2v) is 4.26. The molecule has 2 rings (SSSR count). The van der Waals surface area contributed by atoms with E-state index in [4.69, 9.17) is 0 Å². The van der Waals surface area contributed by atoms with Crippen molar-refractivity contribution in [2.75, 3.05) is 0 Å². The number of hydrogen-bond acceptors (Lipinski definition) is 2. The number of aromatic nitrogens is 2. The van der Waals surface area contributed by atoms with Gasteiger partial charge in [-0.15, -0.1) is 0 Å². The highest BCUT2D eigenvalue weighted by Crippen LogP contribution is 2.27. The van der Waals surface area contributed by atoms with Gasteiger partial charge in [0.2, 0.25) is 5.43 Å². The number of halogens is 3. The van der Waals surface area contributed by atoms with Crippen molar-refractivity contribution in [2.45, 2.75) is 13.1 Å². The van der Waals surface area contributed by atoms with Gasteiger partial charge in [0.25, 0.3) is 0 Å². The Labute approximate surface area is 107 Å². The van der Waals surface area contributed by atoms with Gasteiger partial charge in [-0.25, -0.2) is 0 Å². The summed E-state index contributed by atoms with van der Waals surface area (Å²) in [5.74, 6) is 0. The van der Waals surface area contributed by atoms with Gasteiger partial charge < -0.3 is 0 Å². The van der Waals surface area contributed by atoms with Crippen LogP contribution < -0.4 is 5.43 Å². The highest BCUT2D eigenvalue weighted by molar-refractivity contribution is 5.59. The van der Waals surface area contributed by atoms with Crippen LogP contribution in [0.1, 0.15) is 11.1 Å². The predicted molar refractivity (Wildman–Crippen MR) is 64.7 cm³/mol. The van der Waals surface area contributed by atoms with Gasteiger partial charge in [0, 0.05) is 18.8 Å². The molecule has 1 aromatic heterocycles. The number of alkyl halides is 3. The lowest BCUT2D eigenvalue weighted by atomic mass is 10.1. The molecule has 3 nitrogen and oxygen atoms in total. The Balaban J connectivity index is 2.68. The van der Waals surface area contributed by atoms with Crippen molar-refractivity contribution in [1.82, 2.24) is 9.78 Å². The summed E-state index contributed by atoms with van der Waals surface area (Å²) in [6, 6.07) is 6.60. The third-order valence-corrected chi connectivity index (χ3v) is 2.66. The Morgan fingerprint density at radius 2 is 1.74 bits per heavy atom. The Bertz CT molecular complexity index is 657. The Morgan fingerprint density at radius 1 is 1.16 bits per heavy atom. The Morgan fingerprint density at radius 3 is 2.26 bits per heavy atom. The van der Waals surface area contributed by atoms with E-state index in [0.29, 0.717) is 11.8 Å². The summed E-state index contributed by atoms with van der Waals surface area (Å²) in [4.78, 5) is 11.9. The zero-order chi connectivity index (χ0) is 14.2. The first-order chi connectivity index (χ1) is 8.79. The maximum Gasteiger partial charge on any atom is 0.421 e. The van der Waals surface area contributed by atoms with Gasteiger partial charge in [-0.2, -0.15) is 18.3 Å². The van der Waals surface area contributed by atoms with Crippen LogP contribution in [-0.4, -0.2) is 9.78 Å². The fourth-order valence-electron chi connectivity index (χ4n) is 1.71. The van der Waals surface area contributed by atoms with Crippen LogP contribution >= 0.6 is 0 Å². The minimum Gasteiger partial charge on any atom is -0.287 e. The van der Waals surface area contributed by atoms with Crippen LogP contribution in [0.4, 0.5) is 13.2 Å². The van der Waals surface area contributed by atoms with Gasteiger partial charge in [0.15, 0.2) is 0 Å². The van der Waals surface area contributed by atoms with Crippen LogP contribution in [0.2, 0.25) is 0 Å². The first-order valence-corrected chi connectivity index (χ1v) is 5.51. The third-order valence-electron chi connectivity index (χ3n) is 2.66. The SMILES string of the molecule is Cc1ccc(-c2nn(C)cc(C(F)(F)F)c2=O)cc1. The maximum absolute atomic E-state index is 12.7. The Kier molecular flexibility index (Phi) is 3.18. The summed E-state index contributed by atoms with van der Waals surface area (Å²) in [5.41, 5.74) is -1.18. The van der Waals surface area contributed by atoms with Crippen molar-refractivity contribution in [3.8, 4) is 11.3 Å². The monoisotopic (exact) mass is 268 g/mol. The Hall–Kier alpha value is -2.11. The van der Waals surface area contributed by atoms with Gasteiger partial charge in [-0.3, -0.25) is 9.48 Å². The molecule has 19 heavy (non-hydrogen) atoms. The van der Waals surface area contributed by atoms with Gasteiger partial charge >= 0.3 is 6.18 Å². The van der Waals surface area contributed by atoms with E-state index in [-0.39, 0.29) is 5.69 Å². The van der Waals surface area contributed by atoms with Crippen LogP contribution in [0, 0.1) is 6.92 Å². The minimum absolute atomic E-state index is 0.197. The van der Waals surface area contributed by atoms with Crippen molar-refractivity contribution in [1.29, 1.82) is 0 Å². The fourth-order valence-corrected chi connectivity index (χ4v) is 1.71. The van der Waals surface area contributed by atoms with Crippen LogP contribution in [0.3, 0.4) is 0 Å². The molecule has 0 N–H and O–H groups in total. The molecule has 0 saturated carbocycles. The molecule has 0 spiro atoms. The number of rotatable bonds is 1. The van der Waals surface area contributed by atoms with E-state index in [9.17, 15) is 18.0 Å². The summed E-state index contributed by atoms with van der Waals surface area (Å²) >= 11 is 0. The molecule has 2 aromatic rings. The van der Waals surface area contributed by atoms with Crippen LogP contribution in [0.15, 0.2) is 35.3 Å². The smallest absolute Gasteiger partial charge is 0.287 e. The predicted octanol–water partition coefficient (Wildman–Crippen LogP) is 2.77. The zero-order valence-electron chi connectivity index (χ0n) is 10.3. The summed E-state index contributed by atoms with van der Waals surface area (Å²) in [5, 5.41) is 3.85. The number of nitrogens with zero attached hydrogens (tertiary/aromatic N) is 2. The second kappa shape index (κ2) is 4.53. The molecule has 0 aliphatic carbocycles. The maximum atomic E-state index is 12.7. The standard InChI is InChI=1S/C13H11F3N2O/c1-8-3-5-9(6-4-8)11-12(19)10(13(14,15)16)7-18(2)17-11/h3-7H,1-2H3. The van der Waals surface area contributed by atoms with E-state index in [2.05, 4.69) is 5.10 Å². The number of aryl methyl sites for hydroxylation is 2. The molecule has 0 amide bonds. The quantitative estimate of drug-likeness (QED) is 0.797. The first-order valence-electron chi connectivity index (χ1n) is 5.51. The average Bonchev–Trinajstić information content (AvgIpc) is 2.31. The minimum atomic E-state index is -4.68. The van der Waals surface area contributed by atoms with E-state index in [1.165, 1.54) is 7.05 Å². The van der Waals surface area contributed by atoms with Gasteiger partial charge in [-0.05, 0) is 6.92 Å². The van der Waals surface area contributed by atoms with Crippen LogP contribution in [0.5, 0.6) is 0 Å². The molecule has 0 unspecified atom stereocenters. The summed E-state index contributed by atoms with van der Waals surface area (Å²) < 4.78 is 39.2. The highest BCUT2D eigenvalue weighted by atomic mass is 19.4. The second-order valence-electron chi connectivity index (χ2n) is 4.26. The summed E-state index contributed by atoms with van der Waals surface area (Å²) in [7, 11) is 1.35. The van der Waals surface area contributed by atoms with E-state index >= 15 is 0 Å². The lowest BCUT2D eigenvalue weighted by Crippen LogP contribution is -2.24. The van der Waals surface area contributed by atoms with Crippen LogP contribution in [-0.2, 0) is 13.2 Å². The third kappa shape index (κ3) is 2.67. The lowest BCUT2D eigenvalue weighted by molar-refractivity contribution is -0.138. The molecule has 0 atom stereocenters. The van der Waals surface area contributed by atoms with Crippen molar-refractivity contribution in [3.05, 3.63) is 51.8 Å². The van der Waals surface area contributed by atoms with Gasteiger partial charge in [0.1, 0.15) is 11.3 Å². The topological polar surface area (TPSA) is 34.9 Å². The van der Waals surface area contributed by atoms with E-state index < -0.39 is 17.2 Å². The average molecular weight is 268 g/mol. The molecule has 0 fully saturated rings. The summed E-state index contributed by atoms with van der Waals surface area (Å²) in [6.07, 6.45) is -3.99. The van der Waals surface area contributed by atoms with E-state index in [0.717, 1.165) is 10.2 Å². The van der Waals surface area contributed by atoms with Crippen molar-refractivity contribution >= 4 is 0 Å². The highest BCUT2D eigenvalue weighted by Gasteiger charge is 2.35. The lowest BCUT2D eigenvalue weighted by Gasteiger charge is -2.10. The molecule has 0 bridgehead atoms. The van der Waals surface area contributed by atoms with Crippen molar-refractivity contribution in [3.63, 3.8) is 0 Å². The zero-order valence-corrected chi connectivity index (χ0v) is 10.3. The number of benzene rings is 1. The van der Waals surface area contributed by atoms with Gasteiger partial charge in [-0.1, -0.05) is 29.8 Å². The summed E-state index contributed by atoms with van der Waals surface area (Å²) in [6.45, 7) is 1.85. The molecule has 0 saturated heterocycles. The molecule has 1 aromatic carbocycles. The molecule has 1 heterocycles. The van der Waals surface area contributed by atoms with Crippen LogP contribution in [0.25, 0.3) is 11.3 Å². The molecule has 0 radical (unpaired) electrons. The molecule has 100 valence electrons. The van der Waals surface area contributed by atoms with E-state index in [1.807, 2.05) is 6.92 Å². The van der Waals surface area contributed by atoms with Crippen molar-refractivity contribution < 1.29 is 13.2 Å². The van der Waals surface area contributed by atoms with E-state index in [1.54, 1.807) is 24.3 Å². The molecular formula is C13H11F3N2O. The fraction of sp³-hybridized carbons (Fsp3) is 0.231. The normalized spacial score (nSPS) is 11.6. The molecule has 0 aliphatic heterocycles.